The molecule has 0 aliphatic heterocycles. The summed E-state index contributed by atoms with van der Waals surface area (Å²) in [6, 6.07) is 0. The Bertz CT molecular complexity index is 28.0. The molecule has 4 heteroatoms. The number of hydrogen-bond acceptors (Lipinski definition) is 0. The maximum absolute atomic E-state index is 5.44. The van der Waals surface area contributed by atoms with Crippen LogP contribution in [0, 0.1) is 0 Å². The van der Waals surface area contributed by atoms with Crippen LogP contribution >= 0.6 is 33.2 Å². The standard InChI is InChI=1S/C2H4AsCl3/c4-1-2(5)3-6/h2-3H,1H2. The first-order valence-electron chi connectivity index (χ1n) is 1.37. The van der Waals surface area contributed by atoms with E-state index in [9.17, 15) is 0 Å². The van der Waals surface area contributed by atoms with Crippen LogP contribution in [0.5, 0.6) is 0 Å². The fourth-order valence-electron chi connectivity index (χ4n) is 0.0292. The van der Waals surface area contributed by atoms with Gasteiger partial charge in [-0.2, -0.15) is 0 Å². The maximum atomic E-state index is 5.44. The molecule has 38 valence electrons. The van der Waals surface area contributed by atoms with Crippen LogP contribution < -0.4 is 0 Å². The van der Waals surface area contributed by atoms with Crippen molar-refractivity contribution in [2.75, 3.05) is 5.88 Å². The summed E-state index contributed by atoms with van der Waals surface area (Å²) in [5.41, 5.74) is 0. The molecule has 0 bridgehead atoms. The summed E-state index contributed by atoms with van der Waals surface area (Å²) in [5, 5.41) is 0. The molecule has 0 aliphatic rings. The quantitative estimate of drug-likeness (QED) is 0.476. The molecule has 0 aliphatic carbocycles. The van der Waals surface area contributed by atoms with Crippen molar-refractivity contribution in [3.05, 3.63) is 0 Å². The number of halogens is 3. The van der Waals surface area contributed by atoms with Gasteiger partial charge in [-0.15, -0.1) is 0 Å². The van der Waals surface area contributed by atoms with Gasteiger partial charge in [-0.05, 0) is 0 Å². The molecule has 0 spiro atoms. The second-order valence-corrected chi connectivity index (χ2v) is 5.39. The molecule has 0 rings (SSSR count). The van der Waals surface area contributed by atoms with Crippen molar-refractivity contribution in [3.63, 3.8) is 0 Å². The molecule has 0 nitrogen and oxygen atoms in total. The third-order valence-electron chi connectivity index (χ3n) is 0.254. The van der Waals surface area contributed by atoms with Crippen LogP contribution in [0.4, 0.5) is 0 Å². The van der Waals surface area contributed by atoms with Gasteiger partial charge in [0, 0.05) is 0 Å². The van der Waals surface area contributed by atoms with Crippen LogP contribution in [-0.4, -0.2) is 24.9 Å². The summed E-state index contributed by atoms with van der Waals surface area (Å²) in [4.78, 5) is 0. The zero-order valence-electron chi connectivity index (χ0n) is 2.92. The van der Waals surface area contributed by atoms with E-state index in [4.69, 9.17) is 33.2 Å². The Morgan fingerprint density at radius 2 is 2.17 bits per heavy atom. The van der Waals surface area contributed by atoms with Crippen LogP contribution in [0.1, 0.15) is 0 Å². The number of alkyl halides is 2. The van der Waals surface area contributed by atoms with E-state index in [2.05, 4.69) is 0 Å². The topological polar surface area (TPSA) is 0 Å². The molecule has 0 fully saturated rings. The van der Waals surface area contributed by atoms with E-state index < -0.39 is 14.8 Å². The van der Waals surface area contributed by atoms with Crippen molar-refractivity contribution in [3.8, 4) is 0 Å². The first kappa shape index (κ1) is 7.43. The summed E-state index contributed by atoms with van der Waals surface area (Å²) in [6.07, 6.45) is 0. The van der Waals surface area contributed by atoms with Gasteiger partial charge in [0.1, 0.15) is 0 Å². The van der Waals surface area contributed by atoms with Crippen molar-refractivity contribution in [2.24, 2.45) is 0 Å². The van der Waals surface area contributed by atoms with Gasteiger partial charge in [-0.1, -0.05) is 0 Å². The summed E-state index contributed by atoms with van der Waals surface area (Å²) < 4.78 is 0.0633. The van der Waals surface area contributed by atoms with Crippen molar-refractivity contribution in [1.29, 1.82) is 0 Å². The second kappa shape index (κ2) is 4.58. The van der Waals surface area contributed by atoms with Gasteiger partial charge in [0.2, 0.25) is 0 Å². The van der Waals surface area contributed by atoms with E-state index in [1.165, 1.54) is 0 Å². The summed E-state index contributed by atoms with van der Waals surface area (Å²) in [5.74, 6) is 0.491. The summed E-state index contributed by atoms with van der Waals surface area (Å²) in [6.45, 7) is 0. The number of rotatable bonds is 2. The third kappa shape index (κ3) is 3.61. The molecule has 0 heterocycles. The molecule has 0 aromatic carbocycles. The van der Waals surface area contributed by atoms with Gasteiger partial charge >= 0.3 is 58.0 Å². The normalized spacial score (nSPS) is 16.5. The van der Waals surface area contributed by atoms with E-state index >= 15 is 0 Å². The Morgan fingerprint density at radius 1 is 1.67 bits per heavy atom. The van der Waals surface area contributed by atoms with Crippen LogP contribution in [-0.2, 0) is 0 Å². The minimum atomic E-state index is -0.457. The van der Waals surface area contributed by atoms with E-state index in [1.54, 1.807) is 0 Å². The van der Waals surface area contributed by atoms with Crippen LogP contribution in [0.25, 0.3) is 0 Å². The Morgan fingerprint density at radius 3 is 2.17 bits per heavy atom. The Kier molecular flexibility index (Phi) is 5.68. The fourth-order valence-corrected chi connectivity index (χ4v) is 1.36. The molecule has 0 saturated carbocycles. The van der Waals surface area contributed by atoms with Crippen molar-refractivity contribution in [2.45, 2.75) is 4.16 Å². The van der Waals surface area contributed by atoms with Gasteiger partial charge in [0.25, 0.3) is 0 Å². The van der Waals surface area contributed by atoms with Crippen molar-refractivity contribution in [1.82, 2.24) is 0 Å². The average Bonchev–Trinajstić information content (AvgIpc) is 1.65. The Labute approximate surface area is 58.0 Å². The SMILES string of the molecule is ClCC(Cl)[AsH]Cl. The molecular weight excluding hydrogens is 205 g/mol. The average molecular weight is 209 g/mol. The van der Waals surface area contributed by atoms with Gasteiger partial charge in [0.05, 0.1) is 0 Å². The van der Waals surface area contributed by atoms with Gasteiger partial charge in [-0.3, -0.25) is 0 Å². The van der Waals surface area contributed by atoms with Gasteiger partial charge in [-0.25, -0.2) is 0 Å². The second-order valence-electron chi connectivity index (χ2n) is 0.731. The number of hydrogen-bond donors (Lipinski definition) is 0. The molecule has 2 unspecified atom stereocenters. The zero-order valence-corrected chi connectivity index (χ0v) is 7.28. The van der Waals surface area contributed by atoms with E-state index in [1.807, 2.05) is 0 Å². The Hall–Kier alpha value is 1.43. The summed E-state index contributed by atoms with van der Waals surface area (Å²) in [7, 11) is 5.36. The molecule has 6 heavy (non-hydrogen) atoms. The van der Waals surface area contributed by atoms with E-state index in [0.717, 1.165) is 0 Å². The van der Waals surface area contributed by atoms with E-state index in [-0.39, 0.29) is 4.16 Å². The minimum absolute atomic E-state index is 0.0633. The molecular formula is C2H4AsCl3. The first-order chi connectivity index (χ1) is 2.81. The third-order valence-corrected chi connectivity index (χ3v) is 4.86. The molecule has 0 amide bonds. The van der Waals surface area contributed by atoms with Crippen molar-refractivity contribution >= 4 is 48.0 Å². The van der Waals surface area contributed by atoms with Crippen molar-refractivity contribution < 1.29 is 0 Å². The van der Waals surface area contributed by atoms with Crippen LogP contribution in [0.2, 0.25) is 0 Å². The van der Waals surface area contributed by atoms with Crippen LogP contribution in [0.3, 0.4) is 0 Å². The molecule has 2 atom stereocenters. The Balaban J connectivity index is 2.75. The monoisotopic (exact) mass is 208 g/mol. The van der Waals surface area contributed by atoms with Gasteiger partial charge < -0.3 is 0 Å². The first-order valence-corrected chi connectivity index (χ1v) is 6.31. The van der Waals surface area contributed by atoms with Gasteiger partial charge in [0.15, 0.2) is 0 Å². The predicted octanol–water partition coefficient (Wildman–Crippen LogP) is 1.38. The fraction of sp³-hybridized carbons (Fsp3) is 1.00. The van der Waals surface area contributed by atoms with E-state index in [0.29, 0.717) is 5.88 Å². The van der Waals surface area contributed by atoms with Crippen LogP contribution in [0.15, 0.2) is 0 Å². The summed E-state index contributed by atoms with van der Waals surface area (Å²) >= 11 is 10.3. The molecule has 0 aromatic heterocycles. The molecule has 0 saturated heterocycles. The molecule has 0 N–H and O–H groups in total. The molecule has 0 aromatic rings. The predicted molar refractivity (Wildman–Crippen MR) is 33.4 cm³/mol. The zero-order chi connectivity index (χ0) is 4.99. The molecule has 0 radical (unpaired) electrons.